The molecule has 5 heterocycles. The summed E-state index contributed by atoms with van der Waals surface area (Å²) < 4.78 is 76.3. The summed E-state index contributed by atoms with van der Waals surface area (Å²) in [4.78, 5) is 23.6. The monoisotopic (exact) mass is 938 g/mol. The van der Waals surface area contributed by atoms with Crippen LogP contribution < -0.4 is 16.0 Å². The molecule has 3 aliphatic rings. The van der Waals surface area contributed by atoms with Gasteiger partial charge in [0.1, 0.15) is 10.7 Å². The summed E-state index contributed by atoms with van der Waals surface area (Å²) in [6.45, 7) is 8.32. The average molecular weight is 939 g/mol. The lowest BCUT2D eigenvalue weighted by atomic mass is 10.3. The standard InChI is InChI=1S/C13H16N2O3S2.2C12H15N3O3S2/c1-2-3-8-14-11-4-6-13(7-5-11)20(16,17)15-9-12(19)10-18-15;1-2-3-6-13-12-5-4-11(7-14-12)20(16,17)15-8-10(19)9-18-15;1-2-3-6-13-10-4-5-12(14-7-10)20(16,17)15-8-11(19)9-18-15/h4-7,12,14,19H,8-10H2,1H3;4-5,7,10,19H,6,8-9H2,1H3,(H,13,14);4-5,7,11,13,19H,6,8-9H2,1H3. The van der Waals surface area contributed by atoms with Gasteiger partial charge in [-0.15, -0.1) is 17.8 Å². The number of nitrogens with one attached hydrogen (secondary N) is 3. The molecule has 6 rings (SSSR count). The minimum absolute atomic E-state index is 0.0490. The molecule has 0 spiro atoms. The van der Waals surface area contributed by atoms with Crippen LogP contribution in [0.4, 0.5) is 17.2 Å². The van der Waals surface area contributed by atoms with E-state index < -0.39 is 30.1 Å². The molecule has 3 N–H and O–H groups in total. The maximum Gasteiger partial charge on any atom is 0.282 e. The Hall–Kier alpha value is -3.74. The van der Waals surface area contributed by atoms with E-state index in [-0.39, 0.29) is 63.4 Å². The molecule has 0 bridgehead atoms. The summed E-state index contributed by atoms with van der Waals surface area (Å²) in [5.74, 6) is 17.4. The molecule has 3 aromatic rings. The van der Waals surface area contributed by atoms with Gasteiger partial charge in [-0.3, -0.25) is 14.5 Å². The highest BCUT2D eigenvalue weighted by Crippen LogP contribution is 2.25. The Morgan fingerprint density at radius 2 is 1.00 bits per heavy atom. The summed E-state index contributed by atoms with van der Waals surface area (Å²) in [5.41, 5.74) is 1.53. The van der Waals surface area contributed by atoms with Crippen LogP contribution in [0.2, 0.25) is 0 Å². The van der Waals surface area contributed by atoms with E-state index >= 15 is 0 Å². The van der Waals surface area contributed by atoms with Crippen molar-refractivity contribution in [2.45, 2.75) is 51.3 Å². The fourth-order valence-electron chi connectivity index (χ4n) is 4.89. The second-order valence-electron chi connectivity index (χ2n) is 12.4. The number of nitrogens with zero attached hydrogens (tertiary/aromatic N) is 5. The maximum absolute atomic E-state index is 12.3. The second kappa shape index (κ2) is 23.5. The number of hydroxylamine groups is 3. The van der Waals surface area contributed by atoms with E-state index in [0.29, 0.717) is 37.7 Å². The summed E-state index contributed by atoms with van der Waals surface area (Å²) >= 11 is 12.6. The first kappa shape index (κ1) is 48.9. The van der Waals surface area contributed by atoms with Gasteiger partial charge >= 0.3 is 0 Å². The number of pyridine rings is 2. The Morgan fingerprint density at radius 1 is 0.567 bits per heavy atom. The Kier molecular flexibility index (Phi) is 19.1. The fourth-order valence-corrected chi connectivity index (χ4v) is 9.61. The topological polar surface area (TPSA) is 202 Å². The molecule has 0 aliphatic carbocycles. The van der Waals surface area contributed by atoms with Crippen molar-refractivity contribution in [1.29, 1.82) is 0 Å². The van der Waals surface area contributed by atoms with E-state index in [1.54, 1.807) is 57.2 Å². The number of hydrogen-bond donors (Lipinski definition) is 6. The third-order valence-electron chi connectivity index (χ3n) is 7.95. The lowest BCUT2D eigenvalue weighted by molar-refractivity contribution is -0.0285. The largest absolute Gasteiger partial charge is 0.374 e. The highest BCUT2D eigenvalue weighted by Gasteiger charge is 2.35. The minimum Gasteiger partial charge on any atom is -0.374 e. The van der Waals surface area contributed by atoms with Gasteiger partial charge < -0.3 is 16.0 Å². The number of anilines is 3. The van der Waals surface area contributed by atoms with Gasteiger partial charge in [-0.25, -0.2) is 35.2 Å². The highest BCUT2D eigenvalue weighted by molar-refractivity contribution is 7.89. The molecule has 3 unspecified atom stereocenters. The van der Waals surface area contributed by atoms with Gasteiger partial charge in [0.2, 0.25) is 0 Å². The maximum atomic E-state index is 12.3. The summed E-state index contributed by atoms with van der Waals surface area (Å²) in [7, 11) is -11.0. The van der Waals surface area contributed by atoms with Crippen LogP contribution in [0.1, 0.15) is 20.8 Å². The van der Waals surface area contributed by atoms with Crippen LogP contribution in [-0.4, -0.2) is 123 Å². The molecule has 3 fully saturated rings. The van der Waals surface area contributed by atoms with E-state index in [2.05, 4.69) is 99.3 Å². The number of thiol groups is 3. The molecular weight excluding hydrogens is 893 g/mol. The zero-order chi connectivity index (χ0) is 43.8. The molecule has 2 aromatic heterocycles. The number of aromatic nitrogens is 2. The first-order chi connectivity index (χ1) is 28.6. The minimum atomic E-state index is -3.72. The lowest BCUT2D eigenvalue weighted by Gasteiger charge is -2.14. The SMILES string of the molecule is CC#CCNc1ccc(S(=O)(=O)N2CC(S)CO2)cc1.CC#CCNc1ccc(S(=O)(=O)N2CC(S)CO2)cn1.CC#CCNc1ccc(S(=O)(=O)N2CC(S)CO2)nc1. The van der Waals surface area contributed by atoms with E-state index in [1.165, 1.54) is 24.5 Å². The Labute approximate surface area is 369 Å². The van der Waals surface area contributed by atoms with Gasteiger partial charge in [-0.05, 0) is 69.3 Å². The van der Waals surface area contributed by atoms with E-state index in [0.717, 1.165) is 19.1 Å². The van der Waals surface area contributed by atoms with Crippen LogP contribution in [0, 0.1) is 35.5 Å². The van der Waals surface area contributed by atoms with Crippen molar-refractivity contribution in [2.24, 2.45) is 0 Å². The number of rotatable bonds is 12. The number of sulfonamides is 3. The van der Waals surface area contributed by atoms with Gasteiger partial charge in [-0.1, -0.05) is 31.2 Å². The van der Waals surface area contributed by atoms with Crippen molar-refractivity contribution in [2.75, 3.05) is 75.0 Å². The molecule has 3 saturated heterocycles. The van der Waals surface area contributed by atoms with Crippen molar-refractivity contribution < 1.29 is 39.8 Å². The molecule has 3 aliphatic heterocycles. The molecule has 23 heteroatoms. The zero-order valence-corrected chi connectivity index (χ0v) is 38.0. The molecule has 1 aromatic carbocycles. The molecule has 324 valence electrons. The summed E-state index contributed by atoms with van der Waals surface area (Å²) in [6.07, 6.45) is 2.75. The number of hydrogen-bond acceptors (Lipinski definition) is 17. The van der Waals surface area contributed by atoms with E-state index in [4.69, 9.17) is 14.5 Å². The van der Waals surface area contributed by atoms with Gasteiger partial charge in [-0.2, -0.15) is 37.9 Å². The van der Waals surface area contributed by atoms with Crippen molar-refractivity contribution in [3.63, 3.8) is 0 Å². The van der Waals surface area contributed by atoms with Crippen molar-refractivity contribution in [3.8, 4) is 35.5 Å². The predicted molar refractivity (Wildman–Crippen MR) is 239 cm³/mol. The quantitative estimate of drug-likeness (QED) is 0.114. The van der Waals surface area contributed by atoms with Gasteiger partial charge in [0.25, 0.3) is 30.1 Å². The summed E-state index contributed by atoms with van der Waals surface area (Å²) in [6, 6.07) is 12.7. The molecule has 3 atom stereocenters. The predicted octanol–water partition coefficient (Wildman–Crippen LogP) is 2.86. The van der Waals surface area contributed by atoms with Crippen LogP contribution in [0.15, 0.2) is 75.7 Å². The Balaban J connectivity index is 0.000000198. The van der Waals surface area contributed by atoms with Crippen LogP contribution >= 0.6 is 37.9 Å². The Morgan fingerprint density at radius 3 is 1.42 bits per heavy atom. The normalized spacial score (nSPS) is 19.4. The third kappa shape index (κ3) is 14.2. The third-order valence-corrected chi connectivity index (χ3v) is 13.7. The van der Waals surface area contributed by atoms with Crippen LogP contribution in [-0.2, 0) is 44.6 Å². The lowest BCUT2D eigenvalue weighted by Crippen LogP contribution is -2.28. The van der Waals surface area contributed by atoms with Crippen molar-refractivity contribution in [1.82, 2.24) is 23.4 Å². The van der Waals surface area contributed by atoms with Gasteiger partial charge in [0, 0.05) is 27.6 Å². The van der Waals surface area contributed by atoms with E-state index in [1.807, 2.05) is 0 Å². The first-order valence-electron chi connectivity index (χ1n) is 18.1. The van der Waals surface area contributed by atoms with Crippen molar-refractivity contribution >= 4 is 85.1 Å². The summed E-state index contributed by atoms with van der Waals surface area (Å²) in [5, 5.41) is 8.70. The van der Waals surface area contributed by atoms with Crippen LogP contribution in [0.3, 0.4) is 0 Å². The highest BCUT2D eigenvalue weighted by atomic mass is 32.2. The fraction of sp³-hybridized carbons (Fsp3) is 0.405. The van der Waals surface area contributed by atoms with Crippen LogP contribution in [0.5, 0.6) is 0 Å². The zero-order valence-electron chi connectivity index (χ0n) is 32.8. The molecule has 17 nitrogen and oxygen atoms in total. The second-order valence-corrected chi connectivity index (χ2v) is 20.1. The molecule has 0 radical (unpaired) electrons. The molecule has 0 saturated carbocycles. The molecule has 60 heavy (non-hydrogen) atoms. The molecular formula is C37H46N8O9S6. The number of benzene rings is 1. The average Bonchev–Trinajstić information content (AvgIpc) is 4.01. The van der Waals surface area contributed by atoms with Gasteiger partial charge in [0.15, 0.2) is 5.03 Å². The van der Waals surface area contributed by atoms with Gasteiger partial charge in [0.05, 0.1) is 75.9 Å². The van der Waals surface area contributed by atoms with E-state index in [9.17, 15) is 25.3 Å². The van der Waals surface area contributed by atoms with Crippen molar-refractivity contribution in [3.05, 3.63) is 60.9 Å². The van der Waals surface area contributed by atoms with Crippen LogP contribution in [0.25, 0.3) is 0 Å². The molecule has 0 amide bonds. The Bertz CT molecular complexity index is 2130. The smallest absolute Gasteiger partial charge is 0.282 e. The first-order valence-corrected chi connectivity index (χ1v) is 23.9.